The van der Waals surface area contributed by atoms with Crippen LogP contribution in [-0.4, -0.2) is 74.2 Å². The SMILES string of the molecule is CN(Cc1cccnc1)C[C@@H]1CC2(CCN(C(=O)Cc3ccc(N(C)C)cc3)CC2)CO1. The maximum Gasteiger partial charge on any atom is 0.226 e. The molecule has 2 saturated heterocycles. The summed E-state index contributed by atoms with van der Waals surface area (Å²) in [6.07, 6.45) is 7.68. The first-order valence-corrected chi connectivity index (χ1v) is 11.7. The molecule has 6 heteroatoms. The Morgan fingerprint density at radius 2 is 1.88 bits per heavy atom. The highest BCUT2D eigenvalue weighted by molar-refractivity contribution is 5.79. The zero-order chi connectivity index (χ0) is 22.6. The number of likely N-dealkylation sites (tertiary alicyclic amines) is 1. The van der Waals surface area contributed by atoms with Crippen LogP contribution in [0.4, 0.5) is 5.69 Å². The van der Waals surface area contributed by atoms with Gasteiger partial charge in [-0.25, -0.2) is 0 Å². The average molecular weight is 437 g/mol. The van der Waals surface area contributed by atoms with Crippen LogP contribution in [0, 0.1) is 5.41 Å². The first-order valence-electron chi connectivity index (χ1n) is 11.7. The minimum atomic E-state index is 0.240. The standard InChI is InChI=1S/C26H36N4O2/c1-28(2)23-8-6-21(7-9-23)15-25(31)30-13-10-26(11-14-30)16-24(32-20-26)19-29(3)18-22-5-4-12-27-17-22/h4-9,12,17,24H,10-11,13-16,18-20H2,1-3H3/t24-/m0/s1. The molecule has 32 heavy (non-hydrogen) atoms. The molecule has 0 saturated carbocycles. The van der Waals surface area contributed by atoms with Crippen molar-refractivity contribution in [2.45, 2.75) is 38.3 Å². The molecule has 0 N–H and O–H groups in total. The quantitative estimate of drug-likeness (QED) is 0.667. The molecule has 172 valence electrons. The van der Waals surface area contributed by atoms with E-state index in [0.717, 1.165) is 63.3 Å². The number of amides is 1. The lowest BCUT2D eigenvalue weighted by Gasteiger charge is -2.38. The normalized spacial score (nSPS) is 20.1. The summed E-state index contributed by atoms with van der Waals surface area (Å²) >= 11 is 0. The van der Waals surface area contributed by atoms with Crippen molar-refractivity contribution in [3.8, 4) is 0 Å². The van der Waals surface area contributed by atoms with Crippen molar-refractivity contribution in [3.05, 3.63) is 59.9 Å². The molecule has 4 rings (SSSR count). The number of ether oxygens (including phenoxy) is 1. The zero-order valence-electron chi connectivity index (χ0n) is 19.7. The molecule has 0 aliphatic carbocycles. The van der Waals surface area contributed by atoms with Crippen LogP contribution in [0.25, 0.3) is 0 Å². The Morgan fingerprint density at radius 1 is 1.12 bits per heavy atom. The molecule has 6 nitrogen and oxygen atoms in total. The van der Waals surface area contributed by atoms with E-state index in [1.165, 1.54) is 5.56 Å². The number of hydrogen-bond donors (Lipinski definition) is 0. The van der Waals surface area contributed by atoms with E-state index in [0.29, 0.717) is 6.42 Å². The van der Waals surface area contributed by atoms with E-state index in [4.69, 9.17) is 4.74 Å². The lowest BCUT2D eigenvalue weighted by atomic mass is 9.76. The molecule has 1 amide bonds. The molecule has 0 unspecified atom stereocenters. The van der Waals surface area contributed by atoms with Gasteiger partial charge in [-0.05, 0) is 61.1 Å². The summed E-state index contributed by atoms with van der Waals surface area (Å²) in [4.78, 5) is 23.5. The van der Waals surface area contributed by atoms with Crippen LogP contribution in [0.3, 0.4) is 0 Å². The summed E-state index contributed by atoms with van der Waals surface area (Å²) in [5, 5.41) is 0. The van der Waals surface area contributed by atoms with Crippen molar-refractivity contribution >= 4 is 11.6 Å². The van der Waals surface area contributed by atoms with E-state index in [-0.39, 0.29) is 17.4 Å². The first-order chi connectivity index (χ1) is 15.4. The minimum Gasteiger partial charge on any atom is -0.378 e. The van der Waals surface area contributed by atoms with Crippen molar-refractivity contribution < 1.29 is 9.53 Å². The van der Waals surface area contributed by atoms with E-state index in [9.17, 15) is 4.79 Å². The Morgan fingerprint density at radius 3 is 2.53 bits per heavy atom. The third-order valence-electron chi connectivity index (χ3n) is 6.96. The Kier molecular flexibility index (Phi) is 7.11. The predicted molar refractivity (Wildman–Crippen MR) is 128 cm³/mol. The third-order valence-corrected chi connectivity index (χ3v) is 6.96. The Balaban J connectivity index is 1.23. The highest BCUT2D eigenvalue weighted by Gasteiger charge is 2.43. The van der Waals surface area contributed by atoms with Crippen molar-refractivity contribution in [3.63, 3.8) is 0 Å². The van der Waals surface area contributed by atoms with Crippen molar-refractivity contribution in [2.75, 3.05) is 52.3 Å². The summed E-state index contributed by atoms with van der Waals surface area (Å²) in [6, 6.07) is 12.4. The maximum atomic E-state index is 12.8. The summed E-state index contributed by atoms with van der Waals surface area (Å²) in [7, 11) is 6.20. The number of pyridine rings is 1. The fourth-order valence-corrected chi connectivity index (χ4v) is 5.01. The molecule has 1 aromatic carbocycles. The monoisotopic (exact) mass is 436 g/mol. The summed E-state index contributed by atoms with van der Waals surface area (Å²) < 4.78 is 6.21. The molecular weight excluding hydrogens is 400 g/mol. The molecule has 1 aromatic heterocycles. The van der Waals surface area contributed by atoms with Gasteiger partial charge < -0.3 is 14.5 Å². The Bertz CT molecular complexity index is 876. The minimum absolute atomic E-state index is 0.240. The molecule has 2 aliphatic rings. The Labute approximate surface area is 192 Å². The van der Waals surface area contributed by atoms with Crippen molar-refractivity contribution in [2.24, 2.45) is 5.41 Å². The van der Waals surface area contributed by atoms with Crippen LogP contribution < -0.4 is 4.90 Å². The molecule has 3 heterocycles. The molecule has 2 fully saturated rings. The number of nitrogens with zero attached hydrogens (tertiary/aromatic N) is 4. The van der Waals surface area contributed by atoms with Gasteiger partial charge in [-0.1, -0.05) is 18.2 Å². The number of benzene rings is 1. The van der Waals surface area contributed by atoms with Crippen LogP contribution in [0.5, 0.6) is 0 Å². The van der Waals surface area contributed by atoms with E-state index >= 15 is 0 Å². The Hall–Kier alpha value is -2.44. The lowest BCUT2D eigenvalue weighted by molar-refractivity contribution is -0.132. The lowest BCUT2D eigenvalue weighted by Crippen LogP contribution is -2.44. The highest BCUT2D eigenvalue weighted by Crippen LogP contribution is 2.42. The molecule has 0 radical (unpaired) electrons. The van der Waals surface area contributed by atoms with Gasteiger partial charge in [-0.3, -0.25) is 14.7 Å². The van der Waals surface area contributed by atoms with E-state index in [1.807, 2.05) is 37.5 Å². The summed E-state index contributed by atoms with van der Waals surface area (Å²) in [5.41, 5.74) is 3.71. The van der Waals surface area contributed by atoms with Gasteiger partial charge in [0, 0.05) is 58.4 Å². The summed E-state index contributed by atoms with van der Waals surface area (Å²) in [6.45, 7) is 4.33. The predicted octanol–water partition coefficient (Wildman–Crippen LogP) is 3.22. The second kappa shape index (κ2) is 10.0. The third kappa shape index (κ3) is 5.67. The average Bonchev–Trinajstić information content (AvgIpc) is 3.16. The largest absolute Gasteiger partial charge is 0.378 e. The molecule has 2 aliphatic heterocycles. The van der Waals surface area contributed by atoms with Crippen molar-refractivity contribution in [1.82, 2.24) is 14.8 Å². The van der Waals surface area contributed by atoms with Gasteiger partial charge in [-0.2, -0.15) is 0 Å². The zero-order valence-corrected chi connectivity index (χ0v) is 19.7. The fourth-order valence-electron chi connectivity index (χ4n) is 5.01. The fraction of sp³-hybridized carbons (Fsp3) is 0.538. The number of piperidine rings is 1. The van der Waals surface area contributed by atoms with Crippen LogP contribution in [0.1, 0.15) is 30.4 Å². The smallest absolute Gasteiger partial charge is 0.226 e. The van der Waals surface area contributed by atoms with Gasteiger partial charge in [0.1, 0.15) is 0 Å². The highest BCUT2D eigenvalue weighted by atomic mass is 16.5. The number of aromatic nitrogens is 1. The van der Waals surface area contributed by atoms with Gasteiger partial charge in [0.05, 0.1) is 19.1 Å². The number of likely N-dealkylation sites (N-methyl/N-ethyl adjacent to an activating group) is 1. The van der Waals surface area contributed by atoms with Crippen LogP contribution in [-0.2, 0) is 22.5 Å². The van der Waals surface area contributed by atoms with E-state index in [1.54, 1.807) is 0 Å². The topological polar surface area (TPSA) is 48.9 Å². The molecule has 0 bridgehead atoms. The second-order valence-electron chi connectivity index (χ2n) is 9.81. The number of anilines is 1. The number of carbonyl (C=O) groups is 1. The number of carbonyl (C=O) groups excluding carboxylic acids is 1. The van der Waals surface area contributed by atoms with E-state index < -0.39 is 0 Å². The van der Waals surface area contributed by atoms with Gasteiger partial charge in [0.2, 0.25) is 5.91 Å². The molecule has 2 aromatic rings. The van der Waals surface area contributed by atoms with Gasteiger partial charge >= 0.3 is 0 Å². The number of rotatable bonds is 7. The van der Waals surface area contributed by atoms with Gasteiger partial charge in [0.15, 0.2) is 0 Å². The van der Waals surface area contributed by atoms with Crippen LogP contribution in [0.2, 0.25) is 0 Å². The first kappa shape index (κ1) is 22.7. The van der Waals surface area contributed by atoms with Gasteiger partial charge in [0.25, 0.3) is 0 Å². The van der Waals surface area contributed by atoms with Gasteiger partial charge in [-0.15, -0.1) is 0 Å². The maximum absolute atomic E-state index is 12.8. The molecular formula is C26H36N4O2. The van der Waals surface area contributed by atoms with Crippen molar-refractivity contribution in [1.29, 1.82) is 0 Å². The summed E-state index contributed by atoms with van der Waals surface area (Å²) in [5.74, 6) is 0.240. The second-order valence-corrected chi connectivity index (χ2v) is 9.81. The van der Waals surface area contributed by atoms with E-state index in [2.05, 4.69) is 52.2 Å². The molecule has 1 atom stereocenters. The number of hydrogen-bond acceptors (Lipinski definition) is 5. The molecule has 1 spiro atoms. The van der Waals surface area contributed by atoms with Crippen LogP contribution in [0.15, 0.2) is 48.8 Å². The van der Waals surface area contributed by atoms with Crippen LogP contribution >= 0.6 is 0 Å².